The third kappa shape index (κ3) is 4.08. The van der Waals surface area contributed by atoms with Crippen LogP contribution in [0, 0.1) is 25.7 Å². The number of likely N-dealkylation sites (tertiary alicyclic amines) is 1. The Labute approximate surface area is 130 Å². The molecule has 0 bridgehead atoms. The Kier molecular flexibility index (Phi) is 5.45. The highest BCUT2D eigenvalue weighted by Crippen LogP contribution is 2.29. The fourth-order valence-electron chi connectivity index (χ4n) is 3.88. The lowest BCUT2D eigenvalue weighted by atomic mass is 9.85. The molecular formula is C19H32N2. The Morgan fingerprint density at radius 1 is 1.14 bits per heavy atom. The van der Waals surface area contributed by atoms with Crippen LogP contribution in [0.2, 0.25) is 0 Å². The van der Waals surface area contributed by atoms with Crippen LogP contribution in [-0.2, 0) is 0 Å². The molecule has 0 saturated carbocycles. The molecule has 0 spiro atoms. The molecule has 0 aromatic heterocycles. The summed E-state index contributed by atoms with van der Waals surface area (Å²) in [5, 5.41) is 3.53. The Balaban J connectivity index is 2.14. The summed E-state index contributed by atoms with van der Waals surface area (Å²) in [4.78, 5) is 2.68. The average Bonchev–Trinajstić information content (AvgIpc) is 2.39. The summed E-state index contributed by atoms with van der Waals surface area (Å²) in [6.07, 6.45) is 1.37. The number of hydrogen-bond acceptors (Lipinski definition) is 2. The lowest BCUT2D eigenvalue weighted by molar-refractivity contribution is 0.0710. The highest BCUT2D eigenvalue weighted by molar-refractivity contribution is 5.31. The molecule has 2 nitrogen and oxygen atoms in total. The zero-order valence-electron chi connectivity index (χ0n) is 14.6. The van der Waals surface area contributed by atoms with Crippen LogP contribution in [0.1, 0.15) is 49.9 Å². The normalized spacial score (nSPS) is 28.6. The van der Waals surface area contributed by atoms with Crippen molar-refractivity contribution >= 4 is 0 Å². The van der Waals surface area contributed by atoms with E-state index in [2.05, 4.69) is 70.1 Å². The number of nitrogens with zero attached hydrogens (tertiary/aromatic N) is 1. The van der Waals surface area contributed by atoms with Crippen molar-refractivity contribution in [1.82, 2.24) is 10.2 Å². The van der Waals surface area contributed by atoms with Gasteiger partial charge in [-0.05, 0) is 51.6 Å². The van der Waals surface area contributed by atoms with Crippen molar-refractivity contribution in [2.75, 3.05) is 20.1 Å². The van der Waals surface area contributed by atoms with E-state index in [1.54, 1.807) is 0 Å². The number of aryl methyl sites for hydroxylation is 2. The molecule has 1 heterocycles. The second kappa shape index (κ2) is 6.93. The molecule has 1 N–H and O–H groups in total. The van der Waals surface area contributed by atoms with Crippen LogP contribution in [0.5, 0.6) is 0 Å². The summed E-state index contributed by atoms with van der Waals surface area (Å²) < 4.78 is 0. The summed E-state index contributed by atoms with van der Waals surface area (Å²) in [7, 11) is 2.09. The quantitative estimate of drug-likeness (QED) is 0.903. The molecule has 1 aromatic carbocycles. The van der Waals surface area contributed by atoms with E-state index in [0.29, 0.717) is 12.1 Å². The first-order chi connectivity index (χ1) is 9.90. The highest BCUT2D eigenvalue weighted by atomic mass is 15.2. The minimum atomic E-state index is 0.420. The average molecular weight is 288 g/mol. The predicted molar refractivity (Wildman–Crippen MR) is 91.7 cm³/mol. The van der Waals surface area contributed by atoms with Crippen molar-refractivity contribution < 1.29 is 0 Å². The largest absolute Gasteiger partial charge is 0.312 e. The standard InChI is InChI=1S/C19H32N2/c1-13-7-14(2)10-18(9-13)19(20-6)12-21-11-15(3)8-16(4)17(21)5/h7,9-10,15-17,19-20H,8,11-12H2,1-6H3. The molecule has 0 amide bonds. The van der Waals surface area contributed by atoms with Gasteiger partial charge in [0.05, 0.1) is 0 Å². The lowest BCUT2D eigenvalue weighted by Crippen LogP contribution is -2.48. The number of nitrogens with one attached hydrogen (secondary N) is 1. The molecule has 0 aliphatic carbocycles. The van der Waals surface area contributed by atoms with Gasteiger partial charge in [0.15, 0.2) is 0 Å². The number of piperidine rings is 1. The second-order valence-corrected chi connectivity index (χ2v) is 7.27. The number of hydrogen-bond donors (Lipinski definition) is 1. The minimum Gasteiger partial charge on any atom is -0.312 e. The molecule has 1 aliphatic rings. The van der Waals surface area contributed by atoms with E-state index in [1.165, 1.54) is 29.7 Å². The van der Waals surface area contributed by atoms with Crippen molar-refractivity contribution in [2.45, 2.75) is 53.1 Å². The number of rotatable bonds is 4. The first-order valence-electron chi connectivity index (χ1n) is 8.40. The van der Waals surface area contributed by atoms with Crippen LogP contribution in [0.3, 0.4) is 0 Å². The first kappa shape index (κ1) is 16.5. The molecule has 21 heavy (non-hydrogen) atoms. The van der Waals surface area contributed by atoms with E-state index in [9.17, 15) is 0 Å². The van der Waals surface area contributed by atoms with Crippen molar-refractivity contribution in [3.63, 3.8) is 0 Å². The van der Waals surface area contributed by atoms with Gasteiger partial charge in [0.2, 0.25) is 0 Å². The van der Waals surface area contributed by atoms with E-state index >= 15 is 0 Å². The van der Waals surface area contributed by atoms with Gasteiger partial charge < -0.3 is 5.32 Å². The van der Waals surface area contributed by atoms with Gasteiger partial charge in [-0.1, -0.05) is 43.2 Å². The molecule has 4 unspecified atom stereocenters. The molecule has 118 valence electrons. The minimum absolute atomic E-state index is 0.420. The first-order valence-corrected chi connectivity index (χ1v) is 8.40. The summed E-state index contributed by atoms with van der Waals surface area (Å²) in [6.45, 7) is 13.9. The van der Waals surface area contributed by atoms with Crippen LogP contribution < -0.4 is 5.32 Å². The van der Waals surface area contributed by atoms with E-state index in [-0.39, 0.29) is 0 Å². The van der Waals surface area contributed by atoms with Gasteiger partial charge in [-0.25, -0.2) is 0 Å². The van der Waals surface area contributed by atoms with Crippen molar-refractivity contribution in [3.05, 3.63) is 34.9 Å². The van der Waals surface area contributed by atoms with Gasteiger partial charge in [0.25, 0.3) is 0 Å². The molecule has 1 saturated heterocycles. The highest BCUT2D eigenvalue weighted by Gasteiger charge is 2.30. The van der Waals surface area contributed by atoms with Crippen molar-refractivity contribution in [2.24, 2.45) is 11.8 Å². The van der Waals surface area contributed by atoms with Crippen molar-refractivity contribution in [3.8, 4) is 0 Å². The molecule has 2 rings (SSSR count). The van der Waals surface area contributed by atoms with Gasteiger partial charge in [0.1, 0.15) is 0 Å². The van der Waals surface area contributed by atoms with Crippen LogP contribution in [0.4, 0.5) is 0 Å². The SMILES string of the molecule is CNC(CN1CC(C)CC(C)C1C)c1cc(C)cc(C)c1. The molecular weight excluding hydrogens is 256 g/mol. The third-order valence-corrected chi connectivity index (χ3v) is 5.13. The van der Waals surface area contributed by atoms with Crippen molar-refractivity contribution in [1.29, 1.82) is 0 Å². The maximum absolute atomic E-state index is 3.53. The molecule has 0 radical (unpaired) electrons. The maximum atomic E-state index is 3.53. The van der Waals surface area contributed by atoms with Crippen LogP contribution >= 0.6 is 0 Å². The summed E-state index contributed by atoms with van der Waals surface area (Å²) in [5.74, 6) is 1.61. The second-order valence-electron chi connectivity index (χ2n) is 7.27. The van der Waals surface area contributed by atoms with E-state index in [1.807, 2.05) is 0 Å². The Bertz CT molecular complexity index is 448. The Morgan fingerprint density at radius 3 is 2.33 bits per heavy atom. The van der Waals surface area contributed by atoms with Gasteiger partial charge in [0, 0.05) is 25.2 Å². The lowest BCUT2D eigenvalue weighted by Gasteiger charge is -2.42. The summed E-state index contributed by atoms with van der Waals surface area (Å²) in [6, 6.07) is 8.02. The topological polar surface area (TPSA) is 15.3 Å². The fourth-order valence-corrected chi connectivity index (χ4v) is 3.88. The number of likely N-dealkylation sites (N-methyl/N-ethyl adjacent to an activating group) is 1. The van der Waals surface area contributed by atoms with Crippen LogP contribution in [0.15, 0.2) is 18.2 Å². The molecule has 1 aliphatic heterocycles. The smallest absolute Gasteiger partial charge is 0.0447 e. The zero-order valence-corrected chi connectivity index (χ0v) is 14.6. The van der Waals surface area contributed by atoms with E-state index in [0.717, 1.165) is 18.4 Å². The van der Waals surface area contributed by atoms with E-state index < -0.39 is 0 Å². The maximum Gasteiger partial charge on any atom is 0.0447 e. The van der Waals surface area contributed by atoms with Gasteiger partial charge >= 0.3 is 0 Å². The Hall–Kier alpha value is -0.860. The molecule has 1 fully saturated rings. The predicted octanol–water partition coefficient (Wildman–Crippen LogP) is 3.93. The molecule has 4 atom stereocenters. The molecule has 2 heteroatoms. The monoisotopic (exact) mass is 288 g/mol. The van der Waals surface area contributed by atoms with Gasteiger partial charge in [-0.3, -0.25) is 4.90 Å². The van der Waals surface area contributed by atoms with Crippen LogP contribution in [-0.4, -0.2) is 31.1 Å². The summed E-state index contributed by atoms with van der Waals surface area (Å²) >= 11 is 0. The van der Waals surface area contributed by atoms with Gasteiger partial charge in [-0.2, -0.15) is 0 Å². The van der Waals surface area contributed by atoms with Crippen LogP contribution in [0.25, 0.3) is 0 Å². The van der Waals surface area contributed by atoms with E-state index in [4.69, 9.17) is 0 Å². The molecule has 1 aromatic rings. The van der Waals surface area contributed by atoms with Gasteiger partial charge in [-0.15, -0.1) is 0 Å². The number of benzene rings is 1. The zero-order chi connectivity index (χ0) is 15.6. The third-order valence-electron chi connectivity index (χ3n) is 5.13. The summed E-state index contributed by atoms with van der Waals surface area (Å²) in [5.41, 5.74) is 4.14. The fraction of sp³-hybridized carbons (Fsp3) is 0.684. The Morgan fingerprint density at radius 2 is 1.76 bits per heavy atom.